The molecule has 112 valence electrons. The van der Waals surface area contributed by atoms with E-state index in [-0.39, 0.29) is 11.0 Å². The molecule has 0 bridgehead atoms. The zero-order chi connectivity index (χ0) is 15.3. The number of Topliss-reactive ketones (excluding diaryl/α,β-unsaturated/α-hetero) is 1. The van der Waals surface area contributed by atoms with Crippen molar-refractivity contribution in [3.05, 3.63) is 28.7 Å². The Kier molecular flexibility index (Phi) is 3.12. The van der Waals surface area contributed by atoms with E-state index in [9.17, 15) is 19.1 Å². The first kappa shape index (κ1) is 13.9. The van der Waals surface area contributed by atoms with Crippen LogP contribution >= 0.6 is 0 Å². The van der Waals surface area contributed by atoms with Gasteiger partial charge >= 0.3 is 0 Å². The van der Waals surface area contributed by atoms with Gasteiger partial charge in [0.2, 0.25) is 0 Å². The van der Waals surface area contributed by atoms with Gasteiger partial charge in [-0.1, -0.05) is 0 Å². The van der Waals surface area contributed by atoms with Gasteiger partial charge in [-0.05, 0) is 0 Å². The molecule has 2 aromatic rings. The molecule has 0 amide bonds. The summed E-state index contributed by atoms with van der Waals surface area (Å²) >= 11 is 0. The van der Waals surface area contributed by atoms with Crippen molar-refractivity contribution in [2.45, 2.75) is 18.4 Å². The summed E-state index contributed by atoms with van der Waals surface area (Å²) in [5.74, 6) is -1.53. The molecule has 8 nitrogen and oxygen atoms in total. The number of rotatable bonds is 2. The van der Waals surface area contributed by atoms with Crippen LogP contribution in [0.2, 0.25) is 0 Å². The largest absolute Gasteiger partial charge is 0.393 e. The summed E-state index contributed by atoms with van der Waals surface area (Å²) in [6.45, 7) is -0.594. The zero-order valence-corrected chi connectivity index (χ0v) is 10.9. The molecule has 0 aromatic carbocycles. The Balaban J connectivity index is 2.17. The Morgan fingerprint density at radius 1 is 1.48 bits per heavy atom. The van der Waals surface area contributed by atoms with Crippen LogP contribution in [0.15, 0.2) is 17.3 Å². The monoisotopic (exact) mass is 297 g/mol. The summed E-state index contributed by atoms with van der Waals surface area (Å²) in [7, 11) is 1.43. The maximum absolute atomic E-state index is 14.0. The molecular weight excluding hydrogens is 285 g/mol. The molecule has 0 aliphatic carbocycles. The van der Waals surface area contributed by atoms with E-state index in [1.807, 2.05) is 0 Å². The highest BCUT2D eigenvalue weighted by Crippen LogP contribution is 2.29. The third kappa shape index (κ3) is 1.89. The van der Waals surface area contributed by atoms with Crippen LogP contribution in [-0.2, 0) is 16.6 Å². The molecular formula is C12H12FN3O5. The van der Waals surface area contributed by atoms with E-state index in [4.69, 9.17) is 9.84 Å². The fourth-order valence-electron chi connectivity index (χ4n) is 2.37. The van der Waals surface area contributed by atoms with Crippen molar-refractivity contribution in [2.24, 2.45) is 7.05 Å². The number of hydrogen-bond donors (Lipinski definition) is 2. The van der Waals surface area contributed by atoms with Crippen LogP contribution in [0.4, 0.5) is 4.39 Å². The Labute approximate surface area is 117 Å². The molecule has 3 heterocycles. The second kappa shape index (κ2) is 4.72. The molecule has 3 atom stereocenters. The highest BCUT2D eigenvalue weighted by molar-refractivity contribution is 5.89. The smallest absolute Gasteiger partial charge is 0.265 e. The number of nitrogens with zero attached hydrogens (tertiary/aromatic N) is 3. The quantitative estimate of drug-likeness (QED) is 0.713. The molecule has 2 aromatic heterocycles. The first-order valence-electron chi connectivity index (χ1n) is 6.15. The van der Waals surface area contributed by atoms with Gasteiger partial charge < -0.3 is 19.5 Å². The van der Waals surface area contributed by atoms with E-state index in [2.05, 4.69) is 4.98 Å². The molecule has 1 aliphatic heterocycles. The first-order valence-corrected chi connectivity index (χ1v) is 6.15. The summed E-state index contributed by atoms with van der Waals surface area (Å²) in [4.78, 5) is 27.5. The van der Waals surface area contributed by atoms with E-state index >= 15 is 0 Å². The minimum Gasteiger partial charge on any atom is -0.393 e. The third-order valence-electron chi connectivity index (χ3n) is 3.47. The van der Waals surface area contributed by atoms with Crippen molar-refractivity contribution in [3.63, 3.8) is 0 Å². The zero-order valence-electron chi connectivity index (χ0n) is 10.9. The van der Waals surface area contributed by atoms with Crippen LogP contribution in [-0.4, -0.2) is 48.9 Å². The highest BCUT2D eigenvalue weighted by Gasteiger charge is 2.43. The molecule has 21 heavy (non-hydrogen) atoms. The molecule has 3 rings (SSSR count). The van der Waals surface area contributed by atoms with Gasteiger partial charge in [-0.2, -0.15) is 0 Å². The number of ketones is 1. The minimum absolute atomic E-state index is 0.0361. The van der Waals surface area contributed by atoms with Crippen LogP contribution in [0.5, 0.6) is 0 Å². The van der Waals surface area contributed by atoms with Crippen LogP contribution in [0.25, 0.3) is 11.0 Å². The minimum atomic E-state index is -1.57. The average molecular weight is 297 g/mol. The molecule has 1 aliphatic rings. The lowest BCUT2D eigenvalue weighted by atomic mass is 10.2. The second-order valence-corrected chi connectivity index (χ2v) is 4.79. The highest BCUT2D eigenvalue weighted by atomic mass is 19.1. The van der Waals surface area contributed by atoms with Crippen molar-refractivity contribution in [2.75, 3.05) is 6.61 Å². The second-order valence-electron chi connectivity index (χ2n) is 4.79. The Morgan fingerprint density at radius 2 is 2.19 bits per heavy atom. The van der Waals surface area contributed by atoms with E-state index in [0.717, 1.165) is 15.3 Å². The number of aliphatic hydroxyl groups excluding tert-OH is 2. The fraction of sp³-hybridized carbons (Fsp3) is 0.417. The van der Waals surface area contributed by atoms with Gasteiger partial charge in [0.1, 0.15) is 11.5 Å². The van der Waals surface area contributed by atoms with Crippen LogP contribution < -0.4 is 5.56 Å². The number of aromatic nitrogens is 3. The summed E-state index contributed by atoms with van der Waals surface area (Å²) < 4.78 is 21.4. The van der Waals surface area contributed by atoms with Gasteiger partial charge in [-0.25, -0.2) is 9.37 Å². The summed E-state index contributed by atoms with van der Waals surface area (Å²) in [5, 5.41) is 18.6. The number of fused-ring (bicyclic) bond motifs is 1. The third-order valence-corrected chi connectivity index (χ3v) is 3.47. The van der Waals surface area contributed by atoms with Crippen LogP contribution in [0, 0.1) is 5.82 Å². The maximum atomic E-state index is 14.0. The molecule has 9 heteroatoms. The molecule has 2 N–H and O–H groups in total. The summed E-state index contributed by atoms with van der Waals surface area (Å²) in [6, 6.07) is 0. The average Bonchev–Trinajstić information content (AvgIpc) is 2.94. The normalized spacial score (nSPS) is 25.9. The van der Waals surface area contributed by atoms with E-state index in [1.165, 1.54) is 13.4 Å². The molecule has 0 saturated carbocycles. The van der Waals surface area contributed by atoms with Crippen molar-refractivity contribution in [1.29, 1.82) is 0 Å². The van der Waals surface area contributed by atoms with Crippen molar-refractivity contribution < 1.29 is 24.1 Å². The van der Waals surface area contributed by atoms with Gasteiger partial charge in [-0.15, -0.1) is 0 Å². The standard InChI is InChI=1S/C12H12FN3O5/c1-15-4-14-10-7(11(15)20)5(13)2-16(10)12-9(19)8(18)6(3-17)21-12/h2,4,6,9,12,17,19H,3H2,1H3/t6-,9-,12-/m1/s1. The molecule has 0 radical (unpaired) electrons. The summed E-state index contributed by atoms with van der Waals surface area (Å²) in [5.41, 5.74) is -0.625. The van der Waals surface area contributed by atoms with Gasteiger partial charge in [0.25, 0.3) is 5.56 Å². The Bertz CT molecular complexity index is 783. The lowest BCUT2D eigenvalue weighted by Gasteiger charge is -2.15. The van der Waals surface area contributed by atoms with Crippen molar-refractivity contribution in [3.8, 4) is 0 Å². The lowest BCUT2D eigenvalue weighted by Crippen LogP contribution is -2.27. The van der Waals surface area contributed by atoms with Crippen molar-refractivity contribution >= 4 is 16.8 Å². The van der Waals surface area contributed by atoms with Crippen LogP contribution in [0.1, 0.15) is 6.23 Å². The fourth-order valence-corrected chi connectivity index (χ4v) is 2.37. The SMILES string of the molecule is Cn1cnc2c(c(F)cn2[C@@H]2O[C@H](CO)C(=O)[C@H]2O)c1=O. The maximum Gasteiger partial charge on any atom is 0.265 e. The predicted molar refractivity (Wildman–Crippen MR) is 66.9 cm³/mol. The summed E-state index contributed by atoms with van der Waals surface area (Å²) in [6.07, 6.45) is -1.84. The molecule has 1 saturated heterocycles. The first-order chi connectivity index (χ1) is 9.95. The molecule has 0 spiro atoms. The lowest BCUT2D eigenvalue weighted by molar-refractivity contribution is -0.128. The van der Waals surface area contributed by atoms with Crippen LogP contribution in [0.3, 0.4) is 0 Å². The predicted octanol–water partition coefficient (Wildman–Crippen LogP) is -1.31. The van der Waals surface area contributed by atoms with E-state index in [1.54, 1.807) is 0 Å². The number of carbonyl (C=O) groups excluding carboxylic acids is 1. The van der Waals surface area contributed by atoms with Gasteiger partial charge in [0.15, 0.2) is 29.6 Å². The number of ether oxygens (including phenoxy) is 1. The molecule has 1 fully saturated rings. The topological polar surface area (TPSA) is 107 Å². The van der Waals surface area contributed by atoms with Gasteiger partial charge in [-0.3, -0.25) is 14.2 Å². The van der Waals surface area contributed by atoms with Crippen molar-refractivity contribution in [1.82, 2.24) is 14.1 Å². The van der Waals surface area contributed by atoms with E-state index in [0.29, 0.717) is 0 Å². The Hall–Kier alpha value is -2.10. The number of halogens is 1. The number of carbonyl (C=O) groups is 1. The Morgan fingerprint density at radius 3 is 2.81 bits per heavy atom. The van der Waals surface area contributed by atoms with E-state index < -0.39 is 42.2 Å². The van der Waals surface area contributed by atoms with Gasteiger partial charge in [0, 0.05) is 13.2 Å². The number of aliphatic hydroxyl groups is 2. The van der Waals surface area contributed by atoms with Gasteiger partial charge in [0.05, 0.1) is 12.9 Å². The number of aryl methyl sites for hydroxylation is 1. The molecule has 0 unspecified atom stereocenters. The number of hydrogen-bond acceptors (Lipinski definition) is 6.